The summed E-state index contributed by atoms with van der Waals surface area (Å²) in [5, 5.41) is 12.5. The Balaban J connectivity index is 2.21. The van der Waals surface area contributed by atoms with E-state index in [9.17, 15) is 19.5 Å². The maximum atomic E-state index is 12.2. The molecule has 0 saturated carbocycles. The van der Waals surface area contributed by atoms with Crippen molar-refractivity contribution in [3.63, 3.8) is 0 Å². The highest BCUT2D eigenvalue weighted by atomic mass is 16.6. The van der Waals surface area contributed by atoms with Crippen LogP contribution in [0.2, 0.25) is 0 Å². The molecule has 0 aliphatic rings. The number of aliphatic hydroxyl groups is 1. The molecule has 0 spiro atoms. The zero-order valence-electron chi connectivity index (χ0n) is 18.1. The summed E-state index contributed by atoms with van der Waals surface area (Å²) in [6.07, 6.45) is 3.55. The molecule has 0 aromatic heterocycles. The molecule has 2 N–H and O–H groups in total. The van der Waals surface area contributed by atoms with Crippen molar-refractivity contribution in [2.24, 2.45) is 5.92 Å². The van der Waals surface area contributed by atoms with Crippen LogP contribution >= 0.6 is 0 Å². The van der Waals surface area contributed by atoms with Crippen molar-refractivity contribution in [1.82, 2.24) is 5.32 Å². The first-order chi connectivity index (χ1) is 14.5. The molecule has 168 valence electrons. The molecule has 30 heavy (non-hydrogen) atoms. The lowest BCUT2D eigenvalue weighted by Gasteiger charge is -2.17. The van der Waals surface area contributed by atoms with Crippen LogP contribution in [-0.2, 0) is 30.3 Å². The fraction of sp³-hybridized carbons (Fsp3) is 0.609. The van der Waals surface area contributed by atoms with Crippen molar-refractivity contribution in [3.05, 3.63) is 35.4 Å². The Kier molecular flexibility index (Phi) is 13.4. The summed E-state index contributed by atoms with van der Waals surface area (Å²) < 4.78 is 10.4. The van der Waals surface area contributed by atoms with Gasteiger partial charge in [-0.1, -0.05) is 36.8 Å². The largest absolute Gasteiger partial charge is 0.461 e. The van der Waals surface area contributed by atoms with Crippen LogP contribution in [0.5, 0.6) is 0 Å². The van der Waals surface area contributed by atoms with Gasteiger partial charge >= 0.3 is 11.9 Å². The fourth-order valence-corrected chi connectivity index (χ4v) is 2.74. The zero-order valence-corrected chi connectivity index (χ0v) is 18.1. The smallest absolute Gasteiger partial charge is 0.308 e. The second kappa shape index (κ2) is 15.6. The summed E-state index contributed by atoms with van der Waals surface area (Å²) >= 11 is 0. The quantitative estimate of drug-likeness (QED) is 0.240. The first-order valence-corrected chi connectivity index (χ1v) is 10.6. The van der Waals surface area contributed by atoms with Gasteiger partial charge in [0, 0.05) is 12.8 Å². The number of ether oxygens (including phenoxy) is 2. The molecule has 0 radical (unpaired) electrons. The average molecular weight is 422 g/mol. The molecule has 0 saturated heterocycles. The van der Waals surface area contributed by atoms with E-state index in [0.717, 1.165) is 25.7 Å². The van der Waals surface area contributed by atoms with Gasteiger partial charge in [0.2, 0.25) is 0 Å². The molecule has 1 aromatic carbocycles. The normalized spacial score (nSPS) is 12.8. The lowest BCUT2D eigenvalue weighted by molar-refractivity contribution is -0.163. The highest BCUT2D eigenvalue weighted by Gasteiger charge is 2.19. The van der Waals surface area contributed by atoms with Crippen molar-refractivity contribution >= 4 is 18.2 Å². The van der Waals surface area contributed by atoms with Crippen molar-refractivity contribution in [2.45, 2.75) is 58.5 Å². The van der Waals surface area contributed by atoms with E-state index in [1.165, 1.54) is 11.1 Å². The summed E-state index contributed by atoms with van der Waals surface area (Å²) in [6, 6.07) is 8.19. The number of benzene rings is 1. The zero-order chi connectivity index (χ0) is 22.2. The van der Waals surface area contributed by atoms with Crippen LogP contribution in [0.1, 0.15) is 50.2 Å². The van der Waals surface area contributed by atoms with Crippen LogP contribution < -0.4 is 5.32 Å². The molecular formula is C23H35NO6. The van der Waals surface area contributed by atoms with Gasteiger partial charge in [-0.15, -0.1) is 0 Å². The molecule has 1 aromatic rings. The minimum Gasteiger partial charge on any atom is -0.461 e. The van der Waals surface area contributed by atoms with E-state index in [0.29, 0.717) is 25.8 Å². The van der Waals surface area contributed by atoms with E-state index in [-0.39, 0.29) is 24.9 Å². The summed E-state index contributed by atoms with van der Waals surface area (Å²) in [7, 11) is 0. The van der Waals surface area contributed by atoms with E-state index in [1.54, 1.807) is 6.92 Å². The molecule has 0 amide bonds. The number of aryl methyl sites for hydroxylation is 2. The third kappa shape index (κ3) is 11.7. The van der Waals surface area contributed by atoms with E-state index >= 15 is 0 Å². The maximum absolute atomic E-state index is 12.2. The Morgan fingerprint density at radius 2 is 1.87 bits per heavy atom. The van der Waals surface area contributed by atoms with E-state index in [2.05, 4.69) is 17.4 Å². The number of aliphatic hydroxyl groups excluding tert-OH is 1. The second-order valence-electron chi connectivity index (χ2n) is 7.51. The molecule has 2 atom stereocenters. The minimum atomic E-state index is -0.855. The van der Waals surface area contributed by atoms with Gasteiger partial charge in [0.25, 0.3) is 0 Å². The molecule has 2 unspecified atom stereocenters. The summed E-state index contributed by atoms with van der Waals surface area (Å²) in [5.41, 5.74) is 2.36. The first kappa shape index (κ1) is 25.8. The first-order valence-electron chi connectivity index (χ1n) is 10.6. The van der Waals surface area contributed by atoms with Crippen molar-refractivity contribution in [2.75, 3.05) is 26.3 Å². The molecule has 7 nitrogen and oxygen atoms in total. The lowest BCUT2D eigenvalue weighted by Crippen LogP contribution is -2.30. The van der Waals surface area contributed by atoms with Crippen LogP contribution in [0.4, 0.5) is 0 Å². The van der Waals surface area contributed by atoms with Crippen LogP contribution in [0, 0.1) is 12.8 Å². The molecule has 1 rings (SSSR count). The number of nitrogens with one attached hydrogen (secondary N) is 1. The number of rotatable bonds is 16. The number of hydrogen-bond acceptors (Lipinski definition) is 7. The van der Waals surface area contributed by atoms with Crippen LogP contribution in [0.25, 0.3) is 0 Å². The molecular weight excluding hydrogens is 386 g/mol. The predicted molar refractivity (Wildman–Crippen MR) is 114 cm³/mol. The number of carbonyl (C=O) groups is 3. The van der Waals surface area contributed by atoms with E-state index in [1.807, 2.05) is 19.1 Å². The van der Waals surface area contributed by atoms with Gasteiger partial charge in [-0.25, -0.2) is 0 Å². The number of carbonyl (C=O) groups excluding carboxylic acids is 3. The minimum absolute atomic E-state index is 0.153. The summed E-state index contributed by atoms with van der Waals surface area (Å²) in [4.78, 5) is 34.2. The standard InChI is InChI=1S/C23H35NO6/c1-18-7-10-20(11-8-18)12-9-19(2)23(28)29-17-21(16-26)30-22(27)6-5-14-24-13-3-4-15-25/h7-8,10-11,15,19,21,24,26H,3-6,9,12-14,16-17H2,1-2H3. The van der Waals surface area contributed by atoms with E-state index in [4.69, 9.17) is 9.47 Å². The molecule has 0 fully saturated rings. The number of unbranched alkanes of at least 4 members (excludes halogenated alkanes) is 1. The maximum Gasteiger partial charge on any atom is 0.308 e. The Hall–Kier alpha value is -2.25. The van der Waals surface area contributed by atoms with E-state index < -0.39 is 18.7 Å². The Morgan fingerprint density at radius 3 is 2.53 bits per heavy atom. The summed E-state index contributed by atoms with van der Waals surface area (Å²) in [5.74, 6) is -1.09. The number of hydrogen-bond donors (Lipinski definition) is 2. The van der Waals surface area contributed by atoms with Gasteiger partial charge in [-0.2, -0.15) is 0 Å². The third-order valence-electron chi connectivity index (χ3n) is 4.71. The molecule has 0 bridgehead atoms. The molecule has 0 heterocycles. The van der Waals surface area contributed by atoms with Crippen LogP contribution in [0.3, 0.4) is 0 Å². The number of esters is 2. The van der Waals surface area contributed by atoms with Gasteiger partial charge in [0.1, 0.15) is 12.9 Å². The van der Waals surface area contributed by atoms with Gasteiger partial charge < -0.3 is 24.7 Å². The highest BCUT2D eigenvalue weighted by Crippen LogP contribution is 2.12. The average Bonchev–Trinajstić information content (AvgIpc) is 2.75. The summed E-state index contributed by atoms with van der Waals surface area (Å²) in [6.45, 7) is 4.65. The van der Waals surface area contributed by atoms with Gasteiger partial charge in [-0.3, -0.25) is 9.59 Å². The van der Waals surface area contributed by atoms with Crippen LogP contribution in [0.15, 0.2) is 24.3 Å². The fourth-order valence-electron chi connectivity index (χ4n) is 2.74. The van der Waals surface area contributed by atoms with Gasteiger partial charge in [0.05, 0.1) is 12.5 Å². The lowest BCUT2D eigenvalue weighted by atomic mass is 10.0. The van der Waals surface area contributed by atoms with Gasteiger partial charge in [0.15, 0.2) is 6.10 Å². The third-order valence-corrected chi connectivity index (χ3v) is 4.71. The molecule has 0 aliphatic heterocycles. The second-order valence-corrected chi connectivity index (χ2v) is 7.51. The number of aldehydes is 1. The Bertz CT molecular complexity index is 631. The van der Waals surface area contributed by atoms with Crippen LogP contribution in [-0.4, -0.2) is 55.7 Å². The van der Waals surface area contributed by atoms with Crippen molar-refractivity contribution < 1.29 is 29.0 Å². The predicted octanol–water partition coefficient (Wildman–Crippen LogP) is 2.36. The van der Waals surface area contributed by atoms with Crippen molar-refractivity contribution in [1.29, 1.82) is 0 Å². The monoisotopic (exact) mass is 421 g/mol. The molecule has 0 aliphatic carbocycles. The SMILES string of the molecule is Cc1ccc(CCC(C)C(=O)OCC(CO)OC(=O)CCCNCCCC=O)cc1. The van der Waals surface area contributed by atoms with Gasteiger partial charge in [-0.05, 0) is 51.3 Å². The van der Waals surface area contributed by atoms with Crippen molar-refractivity contribution in [3.8, 4) is 0 Å². The Morgan fingerprint density at radius 1 is 1.17 bits per heavy atom. The molecule has 7 heteroatoms. The topological polar surface area (TPSA) is 102 Å². The Labute approximate surface area is 179 Å². The highest BCUT2D eigenvalue weighted by molar-refractivity contribution is 5.72.